The van der Waals surface area contributed by atoms with Crippen molar-refractivity contribution < 1.29 is 9.66 Å². The first-order valence-electron chi connectivity index (χ1n) is 4.82. The molecule has 0 N–H and O–H groups in total. The highest BCUT2D eigenvalue weighted by atomic mass is 16.6. The third-order valence-corrected chi connectivity index (χ3v) is 2.07. The summed E-state index contributed by atoms with van der Waals surface area (Å²) < 4.78 is 6.67. The summed E-state index contributed by atoms with van der Waals surface area (Å²) in [4.78, 5) is 13.9. The molecule has 90 valence electrons. The molecule has 0 spiro atoms. The third-order valence-electron chi connectivity index (χ3n) is 2.07. The van der Waals surface area contributed by atoms with Crippen molar-refractivity contribution in [3.05, 3.63) is 40.2 Å². The third kappa shape index (κ3) is 2.25. The molecular formula is C10H7N5O3. The van der Waals surface area contributed by atoms with Crippen molar-refractivity contribution in [3.63, 3.8) is 0 Å². The first-order valence-corrected chi connectivity index (χ1v) is 4.82. The van der Waals surface area contributed by atoms with Gasteiger partial charge < -0.3 is 4.74 Å². The van der Waals surface area contributed by atoms with E-state index in [1.807, 2.05) is 0 Å². The SMILES string of the molecule is Cn1cnc(Oc2ccc(C#N)c([N+](=O)[O-])c2)n1. The van der Waals surface area contributed by atoms with E-state index >= 15 is 0 Å². The minimum Gasteiger partial charge on any atom is -0.423 e. The van der Waals surface area contributed by atoms with Crippen molar-refractivity contribution in [2.75, 3.05) is 0 Å². The summed E-state index contributed by atoms with van der Waals surface area (Å²) in [7, 11) is 1.67. The second kappa shape index (κ2) is 4.50. The Bertz CT molecular complexity index is 643. The van der Waals surface area contributed by atoms with Crippen LogP contribution in [0.5, 0.6) is 11.8 Å². The van der Waals surface area contributed by atoms with Gasteiger partial charge in [0.05, 0.1) is 11.0 Å². The Morgan fingerprint density at radius 1 is 1.56 bits per heavy atom. The minimum atomic E-state index is -0.642. The molecule has 0 fully saturated rings. The highest BCUT2D eigenvalue weighted by molar-refractivity contribution is 5.52. The van der Waals surface area contributed by atoms with Gasteiger partial charge >= 0.3 is 6.01 Å². The van der Waals surface area contributed by atoms with Gasteiger partial charge in [0.2, 0.25) is 0 Å². The predicted molar refractivity (Wildman–Crippen MR) is 58.9 cm³/mol. The lowest BCUT2D eigenvalue weighted by atomic mass is 10.2. The van der Waals surface area contributed by atoms with Gasteiger partial charge in [0.25, 0.3) is 5.69 Å². The molecule has 2 rings (SSSR count). The molecule has 0 radical (unpaired) electrons. The summed E-state index contributed by atoms with van der Waals surface area (Å²) in [5.74, 6) is 0.201. The van der Waals surface area contributed by atoms with Crippen LogP contribution in [0.3, 0.4) is 0 Å². The lowest BCUT2D eigenvalue weighted by molar-refractivity contribution is -0.385. The Morgan fingerprint density at radius 2 is 2.33 bits per heavy atom. The lowest BCUT2D eigenvalue weighted by Gasteiger charge is -2.01. The number of benzene rings is 1. The molecule has 1 heterocycles. The molecule has 2 aromatic rings. The quantitative estimate of drug-likeness (QED) is 0.597. The maximum atomic E-state index is 10.8. The molecule has 0 bridgehead atoms. The number of aromatic nitrogens is 3. The highest BCUT2D eigenvalue weighted by Crippen LogP contribution is 2.26. The van der Waals surface area contributed by atoms with Crippen molar-refractivity contribution in [1.82, 2.24) is 14.8 Å². The number of nitro groups is 1. The van der Waals surface area contributed by atoms with Crippen LogP contribution >= 0.6 is 0 Å². The van der Waals surface area contributed by atoms with Gasteiger partial charge in [-0.2, -0.15) is 10.2 Å². The standard InChI is InChI=1S/C10H7N5O3/c1-14-6-12-10(13-14)18-8-3-2-7(5-11)9(4-8)15(16)17/h2-4,6H,1H3. The van der Waals surface area contributed by atoms with Gasteiger partial charge in [0, 0.05) is 7.05 Å². The van der Waals surface area contributed by atoms with Crippen LogP contribution in [0.25, 0.3) is 0 Å². The van der Waals surface area contributed by atoms with Crippen LogP contribution in [0.1, 0.15) is 5.56 Å². The molecule has 0 atom stereocenters. The lowest BCUT2D eigenvalue weighted by Crippen LogP contribution is -1.94. The number of nitrogens with zero attached hydrogens (tertiary/aromatic N) is 5. The Morgan fingerprint density at radius 3 is 2.89 bits per heavy atom. The van der Waals surface area contributed by atoms with E-state index in [2.05, 4.69) is 10.1 Å². The molecule has 1 aromatic heterocycles. The Balaban J connectivity index is 2.33. The van der Waals surface area contributed by atoms with Crippen molar-refractivity contribution in [3.8, 4) is 17.8 Å². The number of aryl methyl sites for hydroxylation is 1. The van der Waals surface area contributed by atoms with Crippen LogP contribution in [-0.2, 0) is 7.05 Å². The molecule has 18 heavy (non-hydrogen) atoms. The maximum absolute atomic E-state index is 10.8. The maximum Gasteiger partial charge on any atom is 0.340 e. The van der Waals surface area contributed by atoms with Crippen LogP contribution in [0, 0.1) is 21.4 Å². The van der Waals surface area contributed by atoms with Crippen molar-refractivity contribution >= 4 is 5.69 Å². The number of ether oxygens (including phenoxy) is 1. The van der Waals surface area contributed by atoms with Gasteiger partial charge in [0.15, 0.2) is 0 Å². The van der Waals surface area contributed by atoms with Crippen LogP contribution < -0.4 is 4.74 Å². The minimum absolute atomic E-state index is 0.0265. The zero-order chi connectivity index (χ0) is 13.1. The Kier molecular flexibility index (Phi) is 2.89. The number of hydrogen-bond acceptors (Lipinski definition) is 6. The fourth-order valence-corrected chi connectivity index (χ4v) is 1.29. The second-order valence-electron chi connectivity index (χ2n) is 3.35. The molecule has 0 aliphatic rings. The topological polar surface area (TPSA) is 107 Å². The first kappa shape index (κ1) is 11.5. The first-order chi connectivity index (χ1) is 8.60. The van der Waals surface area contributed by atoms with Crippen LogP contribution in [0.4, 0.5) is 5.69 Å². The van der Waals surface area contributed by atoms with Crippen LogP contribution in [0.2, 0.25) is 0 Å². The molecule has 8 nitrogen and oxygen atoms in total. The predicted octanol–water partition coefficient (Wildman–Crippen LogP) is 1.39. The van der Waals surface area contributed by atoms with Crippen molar-refractivity contribution in [2.45, 2.75) is 0 Å². The highest BCUT2D eigenvalue weighted by Gasteiger charge is 2.15. The second-order valence-corrected chi connectivity index (χ2v) is 3.35. The van der Waals surface area contributed by atoms with Gasteiger partial charge in [0.1, 0.15) is 23.7 Å². The monoisotopic (exact) mass is 245 g/mol. The zero-order valence-corrected chi connectivity index (χ0v) is 9.27. The van der Waals surface area contributed by atoms with E-state index in [0.717, 1.165) is 6.07 Å². The zero-order valence-electron chi connectivity index (χ0n) is 9.27. The van der Waals surface area contributed by atoms with E-state index in [0.29, 0.717) is 0 Å². The van der Waals surface area contributed by atoms with E-state index in [9.17, 15) is 10.1 Å². The summed E-state index contributed by atoms with van der Waals surface area (Å²) >= 11 is 0. The number of nitro benzene ring substituents is 1. The number of nitriles is 1. The van der Waals surface area contributed by atoms with Gasteiger partial charge in [-0.25, -0.2) is 0 Å². The van der Waals surface area contributed by atoms with Crippen LogP contribution in [0.15, 0.2) is 24.5 Å². The number of rotatable bonds is 3. The summed E-state index contributed by atoms with van der Waals surface area (Å²) in [6.07, 6.45) is 1.44. The fourth-order valence-electron chi connectivity index (χ4n) is 1.29. The summed E-state index contributed by atoms with van der Waals surface area (Å²) in [5, 5.41) is 23.4. The van der Waals surface area contributed by atoms with E-state index in [-0.39, 0.29) is 23.0 Å². The molecule has 0 saturated heterocycles. The summed E-state index contributed by atoms with van der Waals surface area (Å²) in [5.41, 5.74) is -0.340. The molecule has 0 unspecified atom stereocenters. The molecule has 0 aliphatic carbocycles. The molecule has 0 amide bonds. The van der Waals surface area contributed by atoms with Gasteiger partial charge in [-0.05, 0) is 12.1 Å². The Labute approximate surface area is 101 Å². The van der Waals surface area contributed by atoms with Crippen LogP contribution in [-0.4, -0.2) is 19.7 Å². The fraction of sp³-hybridized carbons (Fsp3) is 0.100. The Hall–Kier alpha value is -2.95. The number of hydrogen-bond donors (Lipinski definition) is 0. The largest absolute Gasteiger partial charge is 0.423 e. The van der Waals surface area contributed by atoms with E-state index in [1.165, 1.54) is 23.1 Å². The van der Waals surface area contributed by atoms with Crippen molar-refractivity contribution in [1.29, 1.82) is 5.26 Å². The van der Waals surface area contributed by atoms with Gasteiger partial charge in [-0.3, -0.25) is 14.8 Å². The molecule has 0 saturated carbocycles. The smallest absolute Gasteiger partial charge is 0.340 e. The molecular weight excluding hydrogens is 238 g/mol. The average molecular weight is 245 g/mol. The van der Waals surface area contributed by atoms with E-state index in [1.54, 1.807) is 13.1 Å². The molecule has 8 heteroatoms. The molecule has 0 aliphatic heterocycles. The normalized spacial score (nSPS) is 9.78. The van der Waals surface area contributed by atoms with Crippen molar-refractivity contribution in [2.24, 2.45) is 7.05 Å². The summed E-state index contributed by atoms with van der Waals surface area (Å²) in [6.45, 7) is 0. The van der Waals surface area contributed by atoms with Gasteiger partial charge in [-0.1, -0.05) is 0 Å². The van der Waals surface area contributed by atoms with E-state index in [4.69, 9.17) is 10.00 Å². The van der Waals surface area contributed by atoms with E-state index < -0.39 is 4.92 Å². The average Bonchev–Trinajstić information content (AvgIpc) is 2.74. The van der Waals surface area contributed by atoms with Gasteiger partial charge in [-0.15, -0.1) is 5.10 Å². The summed E-state index contributed by atoms with van der Waals surface area (Å²) in [6, 6.07) is 5.74. The molecule has 1 aromatic carbocycles.